The van der Waals surface area contributed by atoms with E-state index in [0.29, 0.717) is 25.5 Å². The lowest BCUT2D eigenvalue weighted by Crippen LogP contribution is -2.30. The largest absolute Gasteiger partial charge is 0.497 e. The van der Waals surface area contributed by atoms with Crippen LogP contribution < -0.4 is 15.8 Å². The summed E-state index contributed by atoms with van der Waals surface area (Å²) >= 11 is 0. The van der Waals surface area contributed by atoms with Crippen LogP contribution in [0.2, 0.25) is 0 Å². The summed E-state index contributed by atoms with van der Waals surface area (Å²) in [4.78, 5) is 17.6. The number of pyridine rings is 1. The van der Waals surface area contributed by atoms with Gasteiger partial charge in [0.2, 0.25) is 0 Å². The molecule has 6 rings (SSSR count). The van der Waals surface area contributed by atoms with Crippen LogP contribution in [0.5, 0.6) is 5.75 Å². The van der Waals surface area contributed by atoms with Gasteiger partial charge in [0.05, 0.1) is 19.0 Å². The molecule has 1 aliphatic heterocycles. The molecular weight excluding hydrogens is 468 g/mol. The summed E-state index contributed by atoms with van der Waals surface area (Å²) < 4.78 is 7.20. The molecule has 1 unspecified atom stereocenters. The molecule has 9 heteroatoms. The molecule has 190 valence electrons. The normalized spacial score (nSPS) is 18.2. The number of nitrogens with zero attached hydrogens (tertiary/aromatic N) is 4. The molecule has 2 aromatic carbocycles. The Morgan fingerprint density at radius 3 is 2.57 bits per heavy atom. The number of nitrogens with two attached hydrogens (primary N) is 1. The zero-order valence-corrected chi connectivity index (χ0v) is 20.7. The SMILES string of the molecule is COc1ccc(Cn2nc(NC3CCN(C(=O)O)C3)c3c(-c4ccc(C5(N)CC5)cc4)ccnc32)cc1. The van der Waals surface area contributed by atoms with Crippen LogP contribution in [0.3, 0.4) is 0 Å². The van der Waals surface area contributed by atoms with Gasteiger partial charge in [-0.3, -0.25) is 0 Å². The van der Waals surface area contributed by atoms with E-state index in [0.717, 1.165) is 58.3 Å². The predicted molar refractivity (Wildman–Crippen MR) is 142 cm³/mol. The van der Waals surface area contributed by atoms with Gasteiger partial charge in [0.25, 0.3) is 0 Å². The van der Waals surface area contributed by atoms with Crippen molar-refractivity contribution in [2.45, 2.75) is 37.4 Å². The van der Waals surface area contributed by atoms with Gasteiger partial charge in [0, 0.05) is 30.9 Å². The zero-order chi connectivity index (χ0) is 25.6. The number of ether oxygens (including phenoxy) is 1. The summed E-state index contributed by atoms with van der Waals surface area (Å²) in [6, 6.07) is 18.4. The second kappa shape index (κ2) is 9.08. The van der Waals surface area contributed by atoms with Gasteiger partial charge in [-0.05, 0) is 59.7 Å². The molecule has 1 amide bonds. The van der Waals surface area contributed by atoms with Gasteiger partial charge in [-0.1, -0.05) is 36.4 Å². The first-order valence-electron chi connectivity index (χ1n) is 12.6. The third-order valence-corrected chi connectivity index (χ3v) is 7.48. The smallest absolute Gasteiger partial charge is 0.407 e. The fraction of sp³-hybridized carbons (Fsp3) is 0.321. The lowest BCUT2D eigenvalue weighted by atomic mass is 9.98. The Balaban J connectivity index is 1.39. The maximum Gasteiger partial charge on any atom is 0.407 e. The quantitative estimate of drug-likeness (QED) is 0.348. The standard InChI is InChI=1S/C28H30N6O3/c1-37-22-8-2-18(3-9-22)16-34-26-24(25(32-34)31-21-11-15-33(17-21)27(35)36)23(10-14-30-26)19-4-6-20(7-5-19)28(29)12-13-28/h2-10,14,21H,11-13,15-17,29H2,1H3,(H,31,32)(H,35,36). The van der Waals surface area contributed by atoms with Gasteiger partial charge in [-0.2, -0.15) is 5.10 Å². The topological polar surface area (TPSA) is 119 Å². The van der Waals surface area contributed by atoms with Crippen LogP contribution in [0.15, 0.2) is 60.8 Å². The molecule has 4 aromatic rings. The molecule has 4 N–H and O–H groups in total. The first kappa shape index (κ1) is 23.3. The van der Waals surface area contributed by atoms with Crippen LogP contribution in [-0.2, 0) is 12.1 Å². The van der Waals surface area contributed by atoms with Crippen molar-refractivity contribution in [1.29, 1.82) is 0 Å². The van der Waals surface area contributed by atoms with Crippen molar-refractivity contribution >= 4 is 22.9 Å². The van der Waals surface area contributed by atoms with Crippen LogP contribution in [-0.4, -0.2) is 57.1 Å². The lowest BCUT2D eigenvalue weighted by Gasteiger charge is -2.14. The number of rotatable bonds is 7. The molecule has 2 aromatic heterocycles. The van der Waals surface area contributed by atoms with E-state index in [1.54, 1.807) is 7.11 Å². The minimum Gasteiger partial charge on any atom is -0.497 e. The van der Waals surface area contributed by atoms with Crippen LogP contribution >= 0.6 is 0 Å². The number of hydrogen-bond donors (Lipinski definition) is 3. The van der Waals surface area contributed by atoms with Crippen LogP contribution in [0.4, 0.5) is 10.6 Å². The molecule has 0 spiro atoms. The van der Waals surface area contributed by atoms with E-state index in [9.17, 15) is 9.90 Å². The van der Waals surface area contributed by atoms with Crippen molar-refractivity contribution in [3.05, 3.63) is 71.9 Å². The highest BCUT2D eigenvalue weighted by Crippen LogP contribution is 2.43. The van der Waals surface area contributed by atoms with Crippen LogP contribution in [0, 0.1) is 0 Å². The van der Waals surface area contributed by atoms with Crippen molar-refractivity contribution in [3.8, 4) is 16.9 Å². The monoisotopic (exact) mass is 498 g/mol. The Morgan fingerprint density at radius 1 is 1.16 bits per heavy atom. The fourth-order valence-corrected chi connectivity index (χ4v) is 5.10. The molecule has 2 aliphatic rings. The number of amides is 1. The summed E-state index contributed by atoms with van der Waals surface area (Å²) in [5, 5.41) is 18.8. The Labute approximate surface area is 214 Å². The van der Waals surface area contributed by atoms with Gasteiger partial charge >= 0.3 is 6.09 Å². The number of benzene rings is 2. The molecule has 1 saturated carbocycles. The van der Waals surface area contributed by atoms with Gasteiger partial charge in [-0.25, -0.2) is 14.5 Å². The number of likely N-dealkylation sites (tertiary alicyclic amines) is 1. The number of fused-ring (bicyclic) bond motifs is 1. The average Bonchev–Trinajstić information content (AvgIpc) is 3.34. The van der Waals surface area contributed by atoms with E-state index >= 15 is 0 Å². The maximum atomic E-state index is 11.5. The van der Waals surface area contributed by atoms with Crippen molar-refractivity contribution in [2.75, 3.05) is 25.5 Å². The van der Waals surface area contributed by atoms with Crippen molar-refractivity contribution in [3.63, 3.8) is 0 Å². The summed E-state index contributed by atoms with van der Waals surface area (Å²) in [6.45, 7) is 1.47. The number of methoxy groups -OCH3 is 1. The minimum absolute atomic E-state index is 0.0222. The van der Waals surface area contributed by atoms with E-state index in [1.165, 1.54) is 4.90 Å². The average molecular weight is 499 g/mol. The molecule has 0 bridgehead atoms. The maximum absolute atomic E-state index is 11.5. The highest BCUT2D eigenvalue weighted by atomic mass is 16.5. The van der Waals surface area contributed by atoms with Crippen molar-refractivity contribution < 1.29 is 14.6 Å². The highest BCUT2D eigenvalue weighted by molar-refractivity contribution is 6.01. The van der Waals surface area contributed by atoms with E-state index in [2.05, 4.69) is 29.6 Å². The number of nitrogens with one attached hydrogen (secondary N) is 1. The minimum atomic E-state index is -0.894. The molecule has 2 fully saturated rings. The first-order chi connectivity index (χ1) is 17.9. The summed E-state index contributed by atoms with van der Waals surface area (Å²) in [6.07, 6.45) is 3.69. The number of carboxylic acid groups (broad SMARTS) is 1. The zero-order valence-electron chi connectivity index (χ0n) is 20.7. The number of carbonyl (C=O) groups is 1. The van der Waals surface area contributed by atoms with E-state index in [-0.39, 0.29) is 11.6 Å². The Hall–Kier alpha value is -4.11. The molecule has 0 radical (unpaired) electrons. The van der Waals surface area contributed by atoms with E-state index < -0.39 is 6.09 Å². The Kier molecular flexibility index (Phi) is 5.72. The number of anilines is 1. The predicted octanol–water partition coefficient (Wildman–Crippen LogP) is 4.27. The Morgan fingerprint density at radius 2 is 1.92 bits per heavy atom. The third-order valence-electron chi connectivity index (χ3n) is 7.48. The molecule has 1 saturated heterocycles. The lowest BCUT2D eigenvalue weighted by molar-refractivity contribution is 0.155. The van der Waals surface area contributed by atoms with Crippen molar-refractivity contribution in [1.82, 2.24) is 19.7 Å². The van der Waals surface area contributed by atoms with Gasteiger partial charge in [-0.15, -0.1) is 0 Å². The molecule has 1 aliphatic carbocycles. The molecule has 1 atom stereocenters. The fourth-order valence-electron chi connectivity index (χ4n) is 5.10. The summed E-state index contributed by atoms with van der Waals surface area (Å²) in [5.74, 6) is 1.51. The Bertz CT molecular complexity index is 1440. The second-order valence-electron chi connectivity index (χ2n) is 10.0. The molecule has 9 nitrogen and oxygen atoms in total. The van der Waals surface area contributed by atoms with Gasteiger partial charge < -0.3 is 25.8 Å². The first-order valence-corrected chi connectivity index (χ1v) is 12.6. The second-order valence-corrected chi connectivity index (χ2v) is 10.0. The molecular formula is C28H30N6O3. The summed E-state index contributed by atoms with van der Waals surface area (Å²) in [5.41, 5.74) is 11.3. The van der Waals surface area contributed by atoms with Gasteiger partial charge in [0.1, 0.15) is 5.75 Å². The number of hydrogen-bond acceptors (Lipinski definition) is 6. The van der Waals surface area contributed by atoms with Crippen LogP contribution in [0.25, 0.3) is 22.2 Å². The molecule has 37 heavy (non-hydrogen) atoms. The van der Waals surface area contributed by atoms with Crippen LogP contribution in [0.1, 0.15) is 30.4 Å². The number of aromatic nitrogens is 3. The van der Waals surface area contributed by atoms with E-state index in [1.807, 2.05) is 41.2 Å². The molecule has 3 heterocycles. The van der Waals surface area contributed by atoms with E-state index in [4.69, 9.17) is 20.6 Å². The summed E-state index contributed by atoms with van der Waals surface area (Å²) in [7, 11) is 1.65. The highest BCUT2D eigenvalue weighted by Gasteiger charge is 2.39. The third kappa shape index (κ3) is 4.46. The van der Waals surface area contributed by atoms with Crippen molar-refractivity contribution in [2.24, 2.45) is 5.73 Å². The van der Waals surface area contributed by atoms with Gasteiger partial charge in [0.15, 0.2) is 11.5 Å².